The summed E-state index contributed by atoms with van der Waals surface area (Å²) in [6.07, 6.45) is 9.87. The third-order valence-corrected chi connectivity index (χ3v) is 9.62. The Bertz CT molecular complexity index is 783. The predicted molar refractivity (Wildman–Crippen MR) is 135 cm³/mol. The fraction of sp³-hybridized carbons (Fsp3) is 0.609. The first-order valence-electron chi connectivity index (χ1n) is 11.2. The fourth-order valence-electron chi connectivity index (χ4n) is 4.57. The first-order valence-corrected chi connectivity index (χ1v) is 14.4. The maximum absolute atomic E-state index is 13.6. The highest BCUT2D eigenvalue weighted by atomic mass is 79.9. The number of nitrogens with zero attached hydrogens (tertiary/aromatic N) is 2. The van der Waals surface area contributed by atoms with E-state index in [2.05, 4.69) is 53.8 Å². The number of carbonyl (C=O) groups is 1. The molecule has 0 saturated carbocycles. The number of likely N-dealkylation sites (tertiary alicyclic amines) is 2. The molecule has 0 aliphatic carbocycles. The summed E-state index contributed by atoms with van der Waals surface area (Å²) in [5.74, 6) is 0.212. The van der Waals surface area contributed by atoms with Gasteiger partial charge in [-0.1, -0.05) is 12.8 Å². The maximum atomic E-state index is 13.6. The van der Waals surface area contributed by atoms with Gasteiger partial charge in [0, 0.05) is 13.1 Å². The third kappa shape index (κ3) is 6.04. The first-order chi connectivity index (χ1) is 14.6. The van der Waals surface area contributed by atoms with E-state index in [0.717, 1.165) is 43.3 Å². The summed E-state index contributed by atoms with van der Waals surface area (Å²) in [6, 6.07) is 4.33. The van der Waals surface area contributed by atoms with E-state index in [1.807, 2.05) is 0 Å². The quantitative estimate of drug-likeness (QED) is 0.331. The normalized spacial score (nSPS) is 18.7. The van der Waals surface area contributed by atoms with Gasteiger partial charge in [0.05, 0.1) is 17.3 Å². The summed E-state index contributed by atoms with van der Waals surface area (Å²) in [4.78, 5) is 20.5. The summed E-state index contributed by atoms with van der Waals surface area (Å²) in [5, 5.41) is 0. The van der Waals surface area contributed by atoms with Gasteiger partial charge >= 0.3 is 0 Å². The van der Waals surface area contributed by atoms with Crippen LogP contribution in [0.1, 0.15) is 64.2 Å². The molecular weight excluding hydrogens is 544 g/mol. The first kappa shape index (κ1) is 23.1. The lowest BCUT2D eigenvalue weighted by atomic mass is 10.0. The van der Waals surface area contributed by atoms with Crippen LogP contribution in [0.4, 0.5) is 0 Å². The van der Waals surface area contributed by atoms with Crippen molar-refractivity contribution in [2.75, 3.05) is 39.3 Å². The Labute approximate surface area is 205 Å². The van der Waals surface area contributed by atoms with E-state index >= 15 is 0 Å². The van der Waals surface area contributed by atoms with Crippen LogP contribution in [0, 0.1) is 0 Å². The highest BCUT2D eigenvalue weighted by Gasteiger charge is 2.23. The molecule has 2 aromatic heterocycles. The molecule has 2 aliphatic heterocycles. The van der Waals surface area contributed by atoms with Gasteiger partial charge in [-0.25, -0.2) is 0 Å². The SMILES string of the molecule is O=C(c1sc(Br)cc1CCN1CCCCC1)c1sc(Br)cc1CCN1CCCCC1. The number of halogens is 2. The standard InChI is InChI=1S/C23H30Br2N2OS2/c24-19-15-17(7-13-26-9-3-1-4-10-26)22(29-19)21(28)23-18(16-20(25)30-23)8-14-27-11-5-2-6-12-27/h15-16H,1-14H2. The van der Waals surface area contributed by atoms with E-state index in [1.165, 1.54) is 75.8 Å². The van der Waals surface area contributed by atoms with Gasteiger partial charge in [-0.2, -0.15) is 0 Å². The second kappa shape index (κ2) is 11.2. The molecule has 0 N–H and O–H groups in total. The molecule has 2 aromatic rings. The minimum Gasteiger partial charge on any atom is -0.303 e. The molecule has 0 aromatic carbocycles. The van der Waals surface area contributed by atoms with Crippen molar-refractivity contribution in [2.24, 2.45) is 0 Å². The molecule has 4 rings (SSSR count). The minimum atomic E-state index is 0.212. The zero-order chi connectivity index (χ0) is 20.9. The highest BCUT2D eigenvalue weighted by Crippen LogP contribution is 2.35. The van der Waals surface area contributed by atoms with Crippen molar-refractivity contribution in [3.05, 3.63) is 40.6 Å². The average Bonchev–Trinajstić information content (AvgIpc) is 3.33. The van der Waals surface area contributed by atoms with Crippen molar-refractivity contribution in [2.45, 2.75) is 51.4 Å². The van der Waals surface area contributed by atoms with Crippen molar-refractivity contribution < 1.29 is 4.79 Å². The van der Waals surface area contributed by atoms with E-state index in [4.69, 9.17) is 0 Å². The summed E-state index contributed by atoms with van der Waals surface area (Å²) in [5.41, 5.74) is 2.41. The molecule has 0 amide bonds. The number of thiophene rings is 2. The van der Waals surface area contributed by atoms with Gasteiger partial charge < -0.3 is 9.80 Å². The van der Waals surface area contributed by atoms with Crippen molar-refractivity contribution in [3.63, 3.8) is 0 Å². The van der Waals surface area contributed by atoms with Crippen LogP contribution in [0.2, 0.25) is 0 Å². The van der Waals surface area contributed by atoms with Crippen molar-refractivity contribution in [1.82, 2.24) is 9.80 Å². The predicted octanol–water partition coefficient (Wildman–Crippen LogP) is 6.62. The lowest BCUT2D eigenvalue weighted by Gasteiger charge is -2.26. The lowest BCUT2D eigenvalue weighted by Crippen LogP contribution is -2.31. The molecule has 2 saturated heterocycles. The Kier molecular flexibility index (Phi) is 8.63. The van der Waals surface area contributed by atoms with Gasteiger partial charge in [0.15, 0.2) is 0 Å². The molecule has 0 bridgehead atoms. The Morgan fingerprint density at radius 2 is 1.13 bits per heavy atom. The van der Waals surface area contributed by atoms with Gasteiger partial charge in [-0.05, 0) is 120 Å². The summed E-state index contributed by atoms with van der Waals surface area (Å²) in [7, 11) is 0. The third-order valence-electron chi connectivity index (χ3n) is 6.26. The van der Waals surface area contributed by atoms with Crippen LogP contribution < -0.4 is 0 Å². The Balaban J connectivity index is 1.46. The molecule has 2 aliphatic rings. The van der Waals surface area contributed by atoms with Crippen LogP contribution in [-0.2, 0) is 12.8 Å². The highest BCUT2D eigenvalue weighted by molar-refractivity contribution is 9.11. The monoisotopic (exact) mass is 572 g/mol. The number of ketones is 1. The van der Waals surface area contributed by atoms with E-state index in [-0.39, 0.29) is 5.78 Å². The van der Waals surface area contributed by atoms with Crippen molar-refractivity contribution in [3.8, 4) is 0 Å². The van der Waals surface area contributed by atoms with Crippen LogP contribution in [0.3, 0.4) is 0 Å². The topological polar surface area (TPSA) is 23.6 Å². The molecule has 7 heteroatoms. The van der Waals surface area contributed by atoms with E-state index in [0.29, 0.717) is 0 Å². The van der Waals surface area contributed by atoms with Crippen molar-refractivity contribution in [1.29, 1.82) is 0 Å². The second-order valence-electron chi connectivity index (χ2n) is 8.44. The van der Waals surface area contributed by atoms with Crippen LogP contribution >= 0.6 is 54.5 Å². The number of hydrogen-bond donors (Lipinski definition) is 0. The molecule has 0 radical (unpaired) electrons. The minimum absolute atomic E-state index is 0.212. The number of rotatable bonds is 8. The van der Waals surface area contributed by atoms with Crippen LogP contribution in [0.5, 0.6) is 0 Å². The largest absolute Gasteiger partial charge is 0.303 e. The molecule has 3 nitrogen and oxygen atoms in total. The summed E-state index contributed by atoms with van der Waals surface area (Å²) >= 11 is 10.5. The number of piperidine rings is 2. The van der Waals surface area contributed by atoms with Gasteiger partial charge in [-0.3, -0.25) is 4.79 Å². The Morgan fingerprint density at radius 1 is 0.733 bits per heavy atom. The van der Waals surface area contributed by atoms with E-state index < -0.39 is 0 Å². The molecule has 0 atom stereocenters. The fourth-order valence-corrected chi connectivity index (χ4v) is 7.93. The number of carbonyl (C=O) groups excluding carboxylic acids is 1. The molecule has 4 heterocycles. The molecule has 2 fully saturated rings. The second-order valence-corrected chi connectivity index (χ2v) is 13.3. The van der Waals surface area contributed by atoms with Gasteiger partial charge in [0.2, 0.25) is 5.78 Å². The van der Waals surface area contributed by atoms with Crippen LogP contribution in [0.25, 0.3) is 0 Å². The maximum Gasteiger partial charge on any atom is 0.213 e. The molecule has 0 unspecified atom stereocenters. The lowest BCUT2D eigenvalue weighted by molar-refractivity contribution is 0.104. The number of hydrogen-bond acceptors (Lipinski definition) is 5. The van der Waals surface area contributed by atoms with E-state index in [9.17, 15) is 4.79 Å². The Morgan fingerprint density at radius 3 is 1.53 bits per heavy atom. The zero-order valence-corrected chi connectivity index (χ0v) is 22.2. The Hall–Kier alpha value is -0.0500. The van der Waals surface area contributed by atoms with Crippen LogP contribution in [-0.4, -0.2) is 54.9 Å². The van der Waals surface area contributed by atoms with Crippen LogP contribution in [0.15, 0.2) is 19.7 Å². The van der Waals surface area contributed by atoms with E-state index in [1.54, 1.807) is 22.7 Å². The molecule has 164 valence electrons. The van der Waals surface area contributed by atoms with Gasteiger partial charge in [-0.15, -0.1) is 22.7 Å². The zero-order valence-electron chi connectivity index (χ0n) is 17.4. The smallest absolute Gasteiger partial charge is 0.213 e. The van der Waals surface area contributed by atoms with Gasteiger partial charge in [0.25, 0.3) is 0 Å². The van der Waals surface area contributed by atoms with Gasteiger partial charge in [0.1, 0.15) is 0 Å². The average molecular weight is 574 g/mol. The van der Waals surface area contributed by atoms with Crippen molar-refractivity contribution >= 4 is 60.3 Å². The molecule has 30 heavy (non-hydrogen) atoms. The summed E-state index contributed by atoms with van der Waals surface area (Å²) < 4.78 is 2.12. The molecular formula is C23H30Br2N2OS2. The summed E-state index contributed by atoms with van der Waals surface area (Å²) in [6.45, 7) is 6.92. The molecule has 0 spiro atoms.